The van der Waals surface area contributed by atoms with Crippen LogP contribution in [0.2, 0.25) is 0 Å². The van der Waals surface area contributed by atoms with Crippen LogP contribution in [0.3, 0.4) is 0 Å². The number of hydrogen-bond acceptors (Lipinski definition) is 2. The maximum Gasteiger partial charge on any atom is 0.0187 e. The van der Waals surface area contributed by atoms with Crippen molar-refractivity contribution < 1.29 is 0 Å². The summed E-state index contributed by atoms with van der Waals surface area (Å²) in [5.41, 5.74) is 3.47. The zero-order chi connectivity index (χ0) is 11.4. The Hall–Kier alpha value is -0.0800. The topological polar surface area (TPSA) is 0 Å². The normalized spacial score (nSPS) is 18.1. The van der Waals surface area contributed by atoms with E-state index in [1.165, 1.54) is 36.1 Å². The molecular formula is C14H20S2. The molecule has 1 aliphatic rings. The average Bonchev–Trinajstić information content (AvgIpc) is 2.25. The molecule has 1 saturated carbocycles. The van der Waals surface area contributed by atoms with E-state index in [-0.39, 0.29) is 0 Å². The summed E-state index contributed by atoms with van der Waals surface area (Å²) in [6, 6.07) is 8.70. The van der Waals surface area contributed by atoms with Gasteiger partial charge >= 0.3 is 0 Å². The van der Waals surface area contributed by atoms with Crippen LogP contribution in [0.25, 0.3) is 0 Å². The Balaban J connectivity index is 1.82. The molecule has 1 aromatic rings. The maximum absolute atomic E-state index is 4.50. The molecule has 16 heavy (non-hydrogen) atoms. The lowest BCUT2D eigenvalue weighted by Crippen LogP contribution is -2.33. The monoisotopic (exact) mass is 252 g/mol. The highest BCUT2D eigenvalue weighted by atomic mass is 32.2. The van der Waals surface area contributed by atoms with Crippen LogP contribution < -0.4 is 0 Å². The lowest BCUT2D eigenvalue weighted by molar-refractivity contribution is 0.205. The van der Waals surface area contributed by atoms with E-state index < -0.39 is 0 Å². The van der Waals surface area contributed by atoms with Crippen molar-refractivity contribution in [1.82, 2.24) is 0 Å². The Morgan fingerprint density at radius 2 is 2.06 bits per heavy atom. The van der Waals surface area contributed by atoms with Gasteiger partial charge in [-0.15, -0.1) is 0 Å². The van der Waals surface area contributed by atoms with Crippen molar-refractivity contribution in [1.29, 1.82) is 0 Å². The SMILES string of the molecule is Cc1ccccc1CSCC1(CS)CCC1. The van der Waals surface area contributed by atoms with Gasteiger partial charge in [-0.1, -0.05) is 30.7 Å². The van der Waals surface area contributed by atoms with Gasteiger partial charge in [0.25, 0.3) is 0 Å². The highest BCUT2D eigenvalue weighted by molar-refractivity contribution is 7.98. The number of thioether (sulfide) groups is 1. The van der Waals surface area contributed by atoms with Crippen LogP contribution in [-0.2, 0) is 5.75 Å². The third-order valence-corrected chi connectivity index (χ3v) is 5.68. The van der Waals surface area contributed by atoms with Gasteiger partial charge in [0.2, 0.25) is 0 Å². The Bertz CT molecular complexity index is 337. The molecule has 1 aliphatic carbocycles. The minimum Gasteiger partial charge on any atom is -0.179 e. The quantitative estimate of drug-likeness (QED) is 0.761. The van der Waals surface area contributed by atoms with E-state index in [0.717, 1.165) is 11.5 Å². The number of benzene rings is 1. The zero-order valence-electron chi connectivity index (χ0n) is 9.91. The smallest absolute Gasteiger partial charge is 0.0187 e. The van der Waals surface area contributed by atoms with Gasteiger partial charge in [-0.2, -0.15) is 24.4 Å². The van der Waals surface area contributed by atoms with Crippen molar-refractivity contribution in [3.63, 3.8) is 0 Å². The second-order valence-corrected chi connectivity index (χ2v) is 6.23. The van der Waals surface area contributed by atoms with E-state index >= 15 is 0 Å². The highest BCUT2D eigenvalue weighted by Gasteiger charge is 2.35. The lowest BCUT2D eigenvalue weighted by atomic mass is 9.72. The molecule has 0 atom stereocenters. The van der Waals surface area contributed by atoms with E-state index in [1.54, 1.807) is 0 Å². The third-order valence-electron chi connectivity index (χ3n) is 3.68. The Labute approximate surface area is 109 Å². The van der Waals surface area contributed by atoms with E-state index in [0.29, 0.717) is 5.41 Å². The van der Waals surface area contributed by atoms with Gasteiger partial charge in [0.05, 0.1) is 0 Å². The van der Waals surface area contributed by atoms with Gasteiger partial charge in [-0.25, -0.2) is 0 Å². The highest BCUT2D eigenvalue weighted by Crippen LogP contribution is 2.44. The van der Waals surface area contributed by atoms with Crippen LogP contribution in [-0.4, -0.2) is 11.5 Å². The summed E-state index contributed by atoms with van der Waals surface area (Å²) < 4.78 is 0. The fourth-order valence-corrected chi connectivity index (χ4v) is 4.22. The van der Waals surface area contributed by atoms with Gasteiger partial charge in [0, 0.05) is 11.5 Å². The maximum atomic E-state index is 4.50. The molecule has 0 radical (unpaired) electrons. The average molecular weight is 252 g/mol. The summed E-state index contributed by atoms with van der Waals surface area (Å²) >= 11 is 6.58. The van der Waals surface area contributed by atoms with Crippen LogP contribution in [0.4, 0.5) is 0 Å². The number of rotatable bonds is 5. The van der Waals surface area contributed by atoms with Gasteiger partial charge in [-0.3, -0.25) is 0 Å². The van der Waals surface area contributed by atoms with Crippen LogP contribution in [0.1, 0.15) is 30.4 Å². The summed E-state index contributed by atoms with van der Waals surface area (Å²) in [4.78, 5) is 0. The Kier molecular flexibility index (Phi) is 4.26. The van der Waals surface area contributed by atoms with Gasteiger partial charge in [0.1, 0.15) is 0 Å². The first-order valence-electron chi connectivity index (χ1n) is 5.99. The van der Waals surface area contributed by atoms with E-state index in [1.807, 2.05) is 0 Å². The van der Waals surface area contributed by atoms with Crippen molar-refractivity contribution in [2.45, 2.75) is 31.9 Å². The lowest BCUT2D eigenvalue weighted by Gasteiger charge is -2.40. The zero-order valence-corrected chi connectivity index (χ0v) is 11.6. The molecule has 0 N–H and O–H groups in total. The predicted octanol–water partition coefficient (Wildman–Crippen LogP) is 4.33. The van der Waals surface area contributed by atoms with Crippen molar-refractivity contribution in [2.75, 3.05) is 11.5 Å². The molecule has 0 aromatic heterocycles. The van der Waals surface area contributed by atoms with Gasteiger partial charge in [0.15, 0.2) is 0 Å². The number of thiol groups is 1. The molecule has 2 heteroatoms. The van der Waals surface area contributed by atoms with Gasteiger partial charge in [-0.05, 0) is 42.1 Å². The molecule has 0 nitrogen and oxygen atoms in total. The molecule has 0 aliphatic heterocycles. The van der Waals surface area contributed by atoms with E-state index in [9.17, 15) is 0 Å². The van der Waals surface area contributed by atoms with Crippen molar-refractivity contribution in [2.24, 2.45) is 5.41 Å². The molecule has 0 saturated heterocycles. The summed E-state index contributed by atoms with van der Waals surface area (Å²) in [5, 5.41) is 0. The molecule has 1 aromatic carbocycles. The molecule has 0 amide bonds. The largest absolute Gasteiger partial charge is 0.179 e. The summed E-state index contributed by atoms with van der Waals surface area (Å²) in [6.45, 7) is 2.20. The molecule has 0 heterocycles. The number of hydrogen-bond donors (Lipinski definition) is 1. The van der Waals surface area contributed by atoms with Crippen LogP contribution in [0, 0.1) is 12.3 Å². The molecule has 2 rings (SSSR count). The third kappa shape index (κ3) is 2.78. The molecule has 0 spiro atoms. The summed E-state index contributed by atoms with van der Waals surface area (Å²) in [7, 11) is 0. The Morgan fingerprint density at radius 1 is 1.31 bits per heavy atom. The second kappa shape index (κ2) is 5.50. The van der Waals surface area contributed by atoms with E-state index in [2.05, 4.69) is 55.6 Å². The van der Waals surface area contributed by atoms with Crippen molar-refractivity contribution >= 4 is 24.4 Å². The first-order valence-corrected chi connectivity index (χ1v) is 7.78. The summed E-state index contributed by atoms with van der Waals surface area (Å²) in [5.74, 6) is 3.50. The van der Waals surface area contributed by atoms with Crippen LogP contribution in [0.15, 0.2) is 24.3 Å². The van der Waals surface area contributed by atoms with Crippen LogP contribution >= 0.6 is 24.4 Å². The molecule has 88 valence electrons. The number of aryl methyl sites for hydroxylation is 1. The first-order chi connectivity index (χ1) is 7.76. The molecular weight excluding hydrogens is 232 g/mol. The predicted molar refractivity (Wildman–Crippen MR) is 77.5 cm³/mol. The Morgan fingerprint density at radius 3 is 2.62 bits per heavy atom. The molecule has 0 bridgehead atoms. The minimum atomic E-state index is 0.566. The standard InChI is InChI=1S/C14H20S2/c1-12-5-2-3-6-13(12)9-16-11-14(10-15)7-4-8-14/h2-3,5-6,15H,4,7-11H2,1H3. The molecule has 0 unspecified atom stereocenters. The fourth-order valence-electron chi connectivity index (χ4n) is 2.17. The second-order valence-electron chi connectivity index (χ2n) is 4.93. The fraction of sp³-hybridized carbons (Fsp3) is 0.571. The van der Waals surface area contributed by atoms with E-state index in [4.69, 9.17) is 0 Å². The first kappa shape index (κ1) is 12.4. The van der Waals surface area contributed by atoms with Crippen molar-refractivity contribution in [3.8, 4) is 0 Å². The minimum absolute atomic E-state index is 0.566. The summed E-state index contributed by atoms with van der Waals surface area (Å²) in [6.07, 6.45) is 4.18. The van der Waals surface area contributed by atoms with Crippen LogP contribution in [0.5, 0.6) is 0 Å². The molecule has 1 fully saturated rings. The van der Waals surface area contributed by atoms with Gasteiger partial charge < -0.3 is 0 Å². The van der Waals surface area contributed by atoms with Crippen molar-refractivity contribution in [3.05, 3.63) is 35.4 Å².